The summed E-state index contributed by atoms with van der Waals surface area (Å²) in [4.78, 5) is 0. The zero-order chi connectivity index (χ0) is 7.98. The highest BCUT2D eigenvalue weighted by Crippen LogP contribution is 1.81. The molecule has 0 heterocycles. The first-order valence-electron chi connectivity index (χ1n) is 3.34. The van der Waals surface area contributed by atoms with Gasteiger partial charge < -0.3 is 14.9 Å². The van der Waals surface area contributed by atoms with Gasteiger partial charge in [0.15, 0.2) is 6.29 Å². The molecule has 0 saturated heterocycles. The van der Waals surface area contributed by atoms with Crippen LogP contribution in [0, 0.1) is 0 Å². The molecule has 0 rings (SSSR count). The summed E-state index contributed by atoms with van der Waals surface area (Å²) in [5.74, 6) is 0. The standard InChI is InChI=1S/C6H15NO3/c1-5(8)7-3-4-10-6(2)9/h5-9H,3-4H2,1-2H3. The predicted octanol–water partition coefficient (Wildman–Crippen LogP) is -0.731. The average Bonchev–Trinajstić information content (AvgIpc) is 1.79. The Morgan fingerprint density at radius 3 is 2.40 bits per heavy atom. The van der Waals surface area contributed by atoms with Gasteiger partial charge in [0, 0.05) is 6.54 Å². The van der Waals surface area contributed by atoms with Crippen LogP contribution in [0.1, 0.15) is 13.8 Å². The van der Waals surface area contributed by atoms with Crippen molar-refractivity contribution in [2.45, 2.75) is 26.4 Å². The Balaban J connectivity index is 2.91. The van der Waals surface area contributed by atoms with E-state index < -0.39 is 12.5 Å². The molecule has 0 bridgehead atoms. The lowest BCUT2D eigenvalue weighted by Gasteiger charge is -2.08. The van der Waals surface area contributed by atoms with Crippen LogP contribution in [0.25, 0.3) is 0 Å². The van der Waals surface area contributed by atoms with Crippen LogP contribution in [0.4, 0.5) is 0 Å². The normalized spacial score (nSPS) is 16.8. The first-order chi connectivity index (χ1) is 4.63. The zero-order valence-electron chi connectivity index (χ0n) is 6.37. The van der Waals surface area contributed by atoms with Gasteiger partial charge in [0.05, 0.1) is 6.61 Å². The monoisotopic (exact) mass is 149 g/mol. The van der Waals surface area contributed by atoms with Crippen molar-refractivity contribution in [1.82, 2.24) is 5.32 Å². The molecule has 0 aliphatic carbocycles. The van der Waals surface area contributed by atoms with Gasteiger partial charge in [-0.25, -0.2) is 0 Å². The molecule has 0 radical (unpaired) electrons. The van der Waals surface area contributed by atoms with Crippen molar-refractivity contribution < 1.29 is 14.9 Å². The third-order valence-corrected chi connectivity index (χ3v) is 0.901. The Kier molecular flexibility index (Phi) is 5.52. The fourth-order valence-corrected chi connectivity index (χ4v) is 0.497. The minimum Gasteiger partial charge on any atom is -0.379 e. The predicted molar refractivity (Wildman–Crippen MR) is 37.3 cm³/mol. The summed E-state index contributed by atoms with van der Waals surface area (Å²) >= 11 is 0. The second-order valence-electron chi connectivity index (χ2n) is 2.10. The van der Waals surface area contributed by atoms with Gasteiger partial charge >= 0.3 is 0 Å². The maximum atomic E-state index is 8.69. The lowest BCUT2D eigenvalue weighted by molar-refractivity contribution is -0.0851. The second kappa shape index (κ2) is 5.61. The highest BCUT2D eigenvalue weighted by Gasteiger charge is 1.95. The van der Waals surface area contributed by atoms with E-state index in [4.69, 9.17) is 14.9 Å². The van der Waals surface area contributed by atoms with Crippen LogP contribution < -0.4 is 5.32 Å². The van der Waals surface area contributed by atoms with E-state index in [1.807, 2.05) is 0 Å². The van der Waals surface area contributed by atoms with Crippen molar-refractivity contribution in [2.75, 3.05) is 13.2 Å². The molecule has 62 valence electrons. The van der Waals surface area contributed by atoms with E-state index in [1.54, 1.807) is 13.8 Å². The first kappa shape index (κ1) is 9.84. The quantitative estimate of drug-likeness (QED) is 0.356. The van der Waals surface area contributed by atoms with Gasteiger partial charge in [-0.05, 0) is 13.8 Å². The molecule has 0 fully saturated rings. The smallest absolute Gasteiger partial charge is 0.151 e. The Hall–Kier alpha value is -0.160. The molecule has 0 aromatic heterocycles. The Bertz CT molecular complexity index is 65.4. The summed E-state index contributed by atoms with van der Waals surface area (Å²) in [7, 11) is 0. The molecule has 4 heteroatoms. The van der Waals surface area contributed by atoms with Gasteiger partial charge in [-0.2, -0.15) is 0 Å². The van der Waals surface area contributed by atoms with Gasteiger partial charge in [-0.15, -0.1) is 0 Å². The van der Waals surface area contributed by atoms with Gasteiger partial charge in [0.25, 0.3) is 0 Å². The highest BCUT2D eigenvalue weighted by molar-refractivity contribution is 4.44. The van der Waals surface area contributed by atoms with E-state index >= 15 is 0 Å². The molecular weight excluding hydrogens is 134 g/mol. The molecular formula is C6H15NO3. The number of aliphatic hydroxyl groups excluding tert-OH is 2. The summed E-state index contributed by atoms with van der Waals surface area (Å²) in [6, 6.07) is 0. The number of nitrogens with one attached hydrogen (secondary N) is 1. The van der Waals surface area contributed by atoms with Crippen LogP contribution in [-0.4, -0.2) is 35.9 Å². The third-order valence-electron chi connectivity index (χ3n) is 0.901. The highest BCUT2D eigenvalue weighted by atomic mass is 16.6. The largest absolute Gasteiger partial charge is 0.379 e. The lowest BCUT2D eigenvalue weighted by atomic mass is 10.6. The molecule has 2 atom stereocenters. The van der Waals surface area contributed by atoms with Crippen molar-refractivity contribution in [2.24, 2.45) is 0 Å². The molecule has 2 unspecified atom stereocenters. The van der Waals surface area contributed by atoms with Crippen molar-refractivity contribution in [3.05, 3.63) is 0 Å². The van der Waals surface area contributed by atoms with E-state index in [-0.39, 0.29) is 0 Å². The summed E-state index contributed by atoms with van der Waals surface area (Å²) in [5, 5.41) is 20.0. The minimum atomic E-state index is -0.726. The van der Waals surface area contributed by atoms with Gasteiger partial charge in [0.2, 0.25) is 0 Å². The molecule has 0 spiro atoms. The molecule has 4 nitrogen and oxygen atoms in total. The molecule has 0 saturated carbocycles. The van der Waals surface area contributed by atoms with Crippen LogP contribution in [-0.2, 0) is 4.74 Å². The molecule has 0 amide bonds. The van der Waals surface area contributed by atoms with Crippen LogP contribution in [0.3, 0.4) is 0 Å². The number of ether oxygens (including phenoxy) is 1. The van der Waals surface area contributed by atoms with Crippen LogP contribution in [0.2, 0.25) is 0 Å². The summed E-state index contributed by atoms with van der Waals surface area (Å²) in [6.07, 6.45) is -1.24. The Morgan fingerprint density at radius 1 is 1.40 bits per heavy atom. The van der Waals surface area contributed by atoms with E-state index in [0.29, 0.717) is 13.2 Å². The fraction of sp³-hybridized carbons (Fsp3) is 1.00. The van der Waals surface area contributed by atoms with Crippen LogP contribution in [0.5, 0.6) is 0 Å². The Labute approximate surface area is 60.8 Å². The Morgan fingerprint density at radius 2 is 2.00 bits per heavy atom. The van der Waals surface area contributed by atoms with E-state index in [0.717, 1.165) is 0 Å². The SMILES string of the molecule is CC(O)NCCOC(C)O. The van der Waals surface area contributed by atoms with E-state index in [9.17, 15) is 0 Å². The number of hydrogen-bond acceptors (Lipinski definition) is 4. The van der Waals surface area contributed by atoms with E-state index in [2.05, 4.69) is 5.32 Å². The minimum absolute atomic E-state index is 0.405. The van der Waals surface area contributed by atoms with Crippen LogP contribution in [0.15, 0.2) is 0 Å². The summed E-state index contributed by atoms with van der Waals surface area (Å²) < 4.78 is 4.77. The van der Waals surface area contributed by atoms with Gasteiger partial charge in [-0.1, -0.05) is 0 Å². The van der Waals surface area contributed by atoms with Crippen molar-refractivity contribution in [3.63, 3.8) is 0 Å². The molecule has 0 aromatic carbocycles. The molecule has 3 N–H and O–H groups in total. The van der Waals surface area contributed by atoms with Crippen molar-refractivity contribution in [3.8, 4) is 0 Å². The first-order valence-corrected chi connectivity index (χ1v) is 3.34. The summed E-state index contributed by atoms with van der Waals surface area (Å²) in [5.41, 5.74) is 0. The third kappa shape index (κ3) is 7.84. The number of hydrogen-bond donors (Lipinski definition) is 3. The zero-order valence-corrected chi connectivity index (χ0v) is 6.37. The maximum absolute atomic E-state index is 8.69. The molecule has 0 aliphatic heterocycles. The molecule has 0 aromatic rings. The average molecular weight is 149 g/mol. The van der Waals surface area contributed by atoms with E-state index in [1.165, 1.54) is 0 Å². The maximum Gasteiger partial charge on any atom is 0.151 e. The topological polar surface area (TPSA) is 61.7 Å². The number of aliphatic hydroxyl groups is 2. The second-order valence-corrected chi connectivity index (χ2v) is 2.10. The number of rotatable bonds is 5. The van der Waals surface area contributed by atoms with Gasteiger partial charge in [0.1, 0.15) is 6.23 Å². The van der Waals surface area contributed by atoms with Crippen LogP contribution >= 0.6 is 0 Å². The van der Waals surface area contributed by atoms with Crippen molar-refractivity contribution in [1.29, 1.82) is 0 Å². The summed E-state index contributed by atoms with van der Waals surface area (Å²) in [6.45, 7) is 4.12. The van der Waals surface area contributed by atoms with Gasteiger partial charge in [-0.3, -0.25) is 5.32 Å². The lowest BCUT2D eigenvalue weighted by Crippen LogP contribution is -2.29. The molecule has 0 aliphatic rings. The van der Waals surface area contributed by atoms with Crippen molar-refractivity contribution >= 4 is 0 Å². The fourth-order valence-electron chi connectivity index (χ4n) is 0.497. The molecule has 10 heavy (non-hydrogen) atoms.